The molecule has 0 atom stereocenters. The Bertz CT molecular complexity index is 525. The molecule has 6 nitrogen and oxygen atoms in total. The van der Waals surface area contributed by atoms with Gasteiger partial charge in [0.1, 0.15) is 5.84 Å². The van der Waals surface area contributed by atoms with Crippen molar-refractivity contribution in [1.29, 1.82) is 0 Å². The van der Waals surface area contributed by atoms with Gasteiger partial charge in [0.25, 0.3) is 5.91 Å². The topological polar surface area (TPSA) is 88.2 Å². The highest BCUT2D eigenvalue weighted by Gasteiger charge is 2.18. The maximum absolute atomic E-state index is 12.6. The molecule has 0 aliphatic rings. The third-order valence-electron chi connectivity index (χ3n) is 2.78. The molecule has 0 aliphatic heterocycles. The van der Waals surface area contributed by atoms with Crippen LogP contribution >= 0.6 is 38.5 Å². The van der Waals surface area contributed by atoms with Gasteiger partial charge in [0.15, 0.2) is 0 Å². The first-order valence-electron chi connectivity index (χ1n) is 6.19. The lowest BCUT2D eigenvalue weighted by Crippen LogP contribution is -2.36. The molecule has 0 bridgehead atoms. The van der Waals surface area contributed by atoms with Crippen molar-refractivity contribution in [1.82, 2.24) is 4.90 Å². The van der Waals surface area contributed by atoms with Gasteiger partial charge in [-0.05, 0) is 56.7 Å². The molecule has 8 heteroatoms. The van der Waals surface area contributed by atoms with E-state index in [0.29, 0.717) is 31.7 Å². The molecule has 0 aromatic heterocycles. The number of nitrogens with two attached hydrogens (primary N) is 1. The zero-order valence-electron chi connectivity index (χ0n) is 11.6. The summed E-state index contributed by atoms with van der Waals surface area (Å²) in [7, 11) is 1.58. The van der Waals surface area contributed by atoms with Gasteiger partial charge in [0, 0.05) is 34.7 Å². The fourth-order valence-corrected chi connectivity index (χ4v) is 2.56. The number of rotatable bonds is 7. The lowest BCUT2D eigenvalue weighted by Gasteiger charge is -2.23. The Morgan fingerprint density at radius 2 is 2.24 bits per heavy atom. The largest absolute Gasteiger partial charge is 0.409 e. The highest BCUT2D eigenvalue weighted by Crippen LogP contribution is 2.21. The summed E-state index contributed by atoms with van der Waals surface area (Å²) in [5.41, 5.74) is 6.04. The summed E-state index contributed by atoms with van der Waals surface area (Å²) < 4.78 is 6.74. The second kappa shape index (κ2) is 9.21. The molecule has 0 aliphatic carbocycles. The predicted octanol–water partition coefficient (Wildman–Crippen LogP) is 2.28. The van der Waals surface area contributed by atoms with Crippen LogP contribution in [0.3, 0.4) is 0 Å². The number of carbonyl (C=O) groups is 1. The fourth-order valence-electron chi connectivity index (χ4n) is 1.65. The zero-order chi connectivity index (χ0) is 15.8. The van der Waals surface area contributed by atoms with Crippen molar-refractivity contribution in [2.75, 3.05) is 26.8 Å². The minimum atomic E-state index is -0.122. The van der Waals surface area contributed by atoms with Gasteiger partial charge in [0.2, 0.25) is 0 Å². The van der Waals surface area contributed by atoms with E-state index in [1.807, 2.05) is 18.2 Å². The molecular weight excluding hydrogens is 453 g/mol. The maximum atomic E-state index is 12.6. The number of methoxy groups -OCH3 is 1. The Hall–Kier alpha value is -0.870. The molecule has 0 radical (unpaired) electrons. The van der Waals surface area contributed by atoms with Gasteiger partial charge in [-0.1, -0.05) is 5.16 Å². The quantitative estimate of drug-likeness (QED) is 0.211. The standard InChI is InChI=1S/C13H17BrIN3O3/c1-21-7-6-18(5-4-12(16)17-20)13(19)10-8-9(15)2-3-11(10)14/h2-3,8,20H,4-7H2,1H3,(H2,16,17). The summed E-state index contributed by atoms with van der Waals surface area (Å²) in [6.45, 7) is 1.21. The van der Waals surface area contributed by atoms with Crippen LogP contribution in [0, 0.1) is 3.57 Å². The molecule has 0 unspecified atom stereocenters. The van der Waals surface area contributed by atoms with Crippen molar-refractivity contribution in [3.8, 4) is 0 Å². The summed E-state index contributed by atoms with van der Waals surface area (Å²) in [6, 6.07) is 5.57. The van der Waals surface area contributed by atoms with E-state index in [0.717, 1.165) is 8.04 Å². The zero-order valence-corrected chi connectivity index (χ0v) is 15.3. The number of amidine groups is 1. The van der Waals surface area contributed by atoms with Gasteiger partial charge >= 0.3 is 0 Å². The van der Waals surface area contributed by atoms with Crippen molar-refractivity contribution in [2.45, 2.75) is 6.42 Å². The first-order chi connectivity index (χ1) is 9.99. The first-order valence-corrected chi connectivity index (χ1v) is 8.06. The van der Waals surface area contributed by atoms with E-state index in [-0.39, 0.29) is 11.7 Å². The first kappa shape index (κ1) is 18.2. The van der Waals surface area contributed by atoms with E-state index in [1.165, 1.54) is 0 Å². The van der Waals surface area contributed by atoms with Crippen molar-refractivity contribution in [3.05, 3.63) is 31.8 Å². The Morgan fingerprint density at radius 3 is 2.86 bits per heavy atom. The molecule has 0 heterocycles. The molecule has 21 heavy (non-hydrogen) atoms. The number of halogens is 2. The van der Waals surface area contributed by atoms with Crippen LogP contribution in [0.5, 0.6) is 0 Å². The van der Waals surface area contributed by atoms with Crippen molar-refractivity contribution in [2.24, 2.45) is 10.9 Å². The normalized spacial score (nSPS) is 11.5. The number of benzene rings is 1. The van der Waals surface area contributed by atoms with Crippen LogP contribution in [0.25, 0.3) is 0 Å². The Morgan fingerprint density at radius 1 is 1.52 bits per heavy atom. The molecule has 1 rings (SSSR count). The number of hydrogen-bond acceptors (Lipinski definition) is 4. The number of carbonyl (C=O) groups excluding carboxylic acids is 1. The van der Waals surface area contributed by atoms with Crippen molar-refractivity contribution in [3.63, 3.8) is 0 Å². The summed E-state index contributed by atoms with van der Waals surface area (Å²) in [5.74, 6) is -0.0323. The van der Waals surface area contributed by atoms with Crippen LogP contribution < -0.4 is 5.73 Å². The van der Waals surface area contributed by atoms with Crippen molar-refractivity contribution >= 4 is 50.3 Å². The van der Waals surface area contributed by atoms with Crippen LogP contribution in [0.1, 0.15) is 16.8 Å². The molecule has 3 N–H and O–H groups in total. The van der Waals surface area contributed by atoms with Crippen LogP contribution in [-0.2, 0) is 4.74 Å². The SMILES string of the molecule is COCCN(CC/C(N)=N/O)C(=O)c1cc(I)ccc1Br. The number of hydrogen-bond donors (Lipinski definition) is 2. The molecule has 1 aromatic rings. The smallest absolute Gasteiger partial charge is 0.255 e. The lowest BCUT2D eigenvalue weighted by molar-refractivity contribution is 0.0699. The van der Waals surface area contributed by atoms with Gasteiger partial charge in [-0.15, -0.1) is 0 Å². The number of oxime groups is 1. The number of ether oxygens (including phenoxy) is 1. The molecule has 1 amide bonds. The average molecular weight is 470 g/mol. The third kappa shape index (κ3) is 5.79. The van der Waals surface area contributed by atoms with E-state index in [4.69, 9.17) is 15.7 Å². The van der Waals surface area contributed by atoms with E-state index < -0.39 is 0 Å². The van der Waals surface area contributed by atoms with Crippen LogP contribution in [0.4, 0.5) is 0 Å². The average Bonchev–Trinajstić information content (AvgIpc) is 2.48. The molecule has 116 valence electrons. The highest BCUT2D eigenvalue weighted by atomic mass is 127. The van der Waals surface area contributed by atoms with Crippen LogP contribution in [0.2, 0.25) is 0 Å². The second-order valence-electron chi connectivity index (χ2n) is 4.25. The Kier molecular flexibility index (Phi) is 7.97. The summed E-state index contributed by atoms with van der Waals surface area (Å²) in [5, 5.41) is 11.5. The summed E-state index contributed by atoms with van der Waals surface area (Å²) in [6.07, 6.45) is 0.299. The van der Waals surface area contributed by atoms with E-state index >= 15 is 0 Å². The van der Waals surface area contributed by atoms with Gasteiger partial charge in [-0.3, -0.25) is 4.79 Å². The van der Waals surface area contributed by atoms with E-state index in [2.05, 4.69) is 43.7 Å². The van der Waals surface area contributed by atoms with Gasteiger partial charge < -0.3 is 20.6 Å². The van der Waals surface area contributed by atoms with Gasteiger partial charge in [0.05, 0.1) is 12.2 Å². The highest BCUT2D eigenvalue weighted by molar-refractivity contribution is 14.1. The summed E-state index contributed by atoms with van der Waals surface area (Å²) >= 11 is 5.55. The molecule has 0 saturated heterocycles. The maximum Gasteiger partial charge on any atom is 0.255 e. The monoisotopic (exact) mass is 469 g/mol. The summed E-state index contributed by atoms with van der Waals surface area (Å²) in [4.78, 5) is 14.2. The number of amides is 1. The van der Waals surface area contributed by atoms with Crippen molar-refractivity contribution < 1.29 is 14.7 Å². The lowest BCUT2D eigenvalue weighted by atomic mass is 10.2. The minimum absolute atomic E-state index is 0.0897. The number of nitrogens with zero attached hydrogens (tertiary/aromatic N) is 2. The molecule has 0 spiro atoms. The Balaban J connectivity index is 2.90. The fraction of sp³-hybridized carbons (Fsp3) is 0.385. The van der Waals surface area contributed by atoms with Crippen LogP contribution in [0.15, 0.2) is 27.8 Å². The third-order valence-corrected chi connectivity index (χ3v) is 4.14. The van der Waals surface area contributed by atoms with Crippen LogP contribution in [-0.4, -0.2) is 48.7 Å². The Labute approximate surface area is 145 Å². The van der Waals surface area contributed by atoms with Gasteiger partial charge in [-0.25, -0.2) is 0 Å². The van der Waals surface area contributed by atoms with Gasteiger partial charge in [-0.2, -0.15) is 0 Å². The minimum Gasteiger partial charge on any atom is -0.409 e. The second-order valence-corrected chi connectivity index (χ2v) is 6.35. The molecule has 0 saturated carbocycles. The molecule has 0 fully saturated rings. The van der Waals surface area contributed by atoms with E-state index in [9.17, 15) is 4.79 Å². The molecular formula is C13H17BrIN3O3. The molecule has 1 aromatic carbocycles. The van der Waals surface area contributed by atoms with E-state index in [1.54, 1.807) is 12.0 Å². The predicted molar refractivity (Wildman–Crippen MR) is 92.7 cm³/mol.